The number of nitrogens with zero attached hydrogens (tertiary/aromatic N) is 1. The van der Waals surface area contributed by atoms with E-state index in [9.17, 15) is 4.39 Å². The van der Waals surface area contributed by atoms with Crippen LogP contribution in [0.25, 0.3) is 0 Å². The van der Waals surface area contributed by atoms with E-state index in [-0.39, 0.29) is 21.6 Å². The minimum atomic E-state index is -0.614. The lowest BCUT2D eigenvalue weighted by Crippen LogP contribution is -2.14. The van der Waals surface area contributed by atoms with Crippen molar-refractivity contribution >= 4 is 21.8 Å². The van der Waals surface area contributed by atoms with Crippen LogP contribution in [0, 0.1) is 19.7 Å². The van der Waals surface area contributed by atoms with Gasteiger partial charge in [0.05, 0.1) is 4.47 Å². The monoisotopic (exact) mass is 352 g/mol. The maximum Gasteiger partial charge on any atom is 0.180 e. The number of ether oxygens (including phenoxy) is 1. The number of amidine groups is 1. The third kappa shape index (κ3) is 3.16. The molecule has 0 amide bonds. The lowest BCUT2D eigenvalue weighted by molar-refractivity contribution is 0.318. The number of hydrogen-bond acceptors (Lipinski definition) is 3. The molecule has 21 heavy (non-hydrogen) atoms. The highest BCUT2D eigenvalue weighted by atomic mass is 79.9. The van der Waals surface area contributed by atoms with E-state index in [1.165, 1.54) is 12.1 Å². The summed E-state index contributed by atoms with van der Waals surface area (Å²) in [7, 11) is 0. The van der Waals surface area contributed by atoms with Crippen LogP contribution < -0.4 is 10.5 Å². The Hall–Kier alpha value is -2.08. The molecule has 0 aliphatic rings. The summed E-state index contributed by atoms with van der Waals surface area (Å²) >= 11 is 3.08. The molecule has 0 radical (unpaired) electrons. The van der Waals surface area contributed by atoms with Gasteiger partial charge in [0.1, 0.15) is 5.75 Å². The molecular weight excluding hydrogens is 339 g/mol. The van der Waals surface area contributed by atoms with Gasteiger partial charge in [-0.15, -0.1) is 0 Å². The Morgan fingerprint density at radius 2 is 1.95 bits per heavy atom. The second-order valence-corrected chi connectivity index (χ2v) is 5.37. The molecule has 4 nitrogen and oxygen atoms in total. The average Bonchev–Trinajstić information content (AvgIpc) is 2.47. The summed E-state index contributed by atoms with van der Waals surface area (Å²) in [5.74, 6) is -0.198. The third-order valence-electron chi connectivity index (χ3n) is 3.14. The first kappa shape index (κ1) is 15.3. The summed E-state index contributed by atoms with van der Waals surface area (Å²) in [4.78, 5) is 0. The maximum atomic E-state index is 14.3. The van der Waals surface area contributed by atoms with Crippen LogP contribution in [0.3, 0.4) is 0 Å². The lowest BCUT2D eigenvalue weighted by Gasteiger charge is -2.11. The van der Waals surface area contributed by atoms with E-state index in [0.29, 0.717) is 5.75 Å². The van der Waals surface area contributed by atoms with Crippen LogP contribution in [0.15, 0.2) is 40.0 Å². The van der Waals surface area contributed by atoms with Crippen LogP contribution >= 0.6 is 15.9 Å². The molecule has 0 aromatic heterocycles. The zero-order valence-corrected chi connectivity index (χ0v) is 13.1. The summed E-state index contributed by atoms with van der Waals surface area (Å²) < 4.78 is 19.9. The number of hydrogen-bond donors (Lipinski definition) is 2. The predicted octanol–water partition coefficient (Wildman–Crippen LogP) is 4.09. The van der Waals surface area contributed by atoms with Gasteiger partial charge in [0.25, 0.3) is 0 Å². The second-order valence-electron chi connectivity index (χ2n) is 4.57. The van der Waals surface area contributed by atoms with E-state index in [4.69, 9.17) is 15.7 Å². The fourth-order valence-corrected chi connectivity index (χ4v) is 2.30. The lowest BCUT2D eigenvalue weighted by atomic mass is 10.1. The molecule has 2 aromatic rings. The van der Waals surface area contributed by atoms with Crippen LogP contribution in [-0.4, -0.2) is 11.0 Å². The molecule has 0 atom stereocenters. The van der Waals surface area contributed by atoms with Gasteiger partial charge in [-0.25, -0.2) is 4.39 Å². The zero-order chi connectivity index (χ0) is 15.6. The van der Waals surface area contributed by atoms with Crippen LogP contribution in [0.2, 0.25) is 0 Å². The number of oxime groups is 1. The van der Waals surface area contributed by atoms with Crippen molar-refractivity contribution in [1.29, 1.82) is 0 Å². The molecule has 0 saturated carbocycles. The van der Waals surface area contributed by atoms with E-state index < -0.39 is 5.82 Å². The van der Waals surface area contributed by atoms with Crippen molar-refractivity contribution in [2.45, 2.75) is 13.8 Å². The van der Waals surface area contributed by atoms with Crippen molar-refractivity contribution < 1.29 is 14.3 Å². The summed E-state index contributed by atoms with van der Waals surface area (Å²) in [6.45, 7) is 3.94. The highest BCUT2D eigenvalue weighted by Gasteiger charge is 2.15. The standard InChI is InChI=1S/C15H14BrFN2O2/c1-8-3-4-10(7-9(8)2)21-12-6-5-11(15(18)19-20)13(16)14(12)17/h3-7,20H,1-2H3,(H2,18,19). The largest absolute Gasteiger partial charge is 0.454 e. The number of halogens is 2. The number of rotatable bonds is 3. The van der Waals surface area contributed by atoms with Crippen molar-refractivity contribution in [3.8, 4) is 11.5 Å². The Morgan fingerprint density at radius 3 is 2.57 bits per heavy atom. The Balaban J connectivity index is 2.37. The Morgan fingerprint density at radius 1 is 1.24 bits per heavy atom. The minimum Gasteiger partial charge on any atom is -0.454 e. The van der Waals surface area contributed by atoms with Gasteiger partial charge in [-0.05, 0) is 65.2 Å². The first-order valence-corrected chi connectivity index (χ1v) is 6.94. The molecule has 0 unspecified atom stereocenters. The fraction of sp³-hybridized carbons (Fsp3) is 0.133. The molecule has 2 aromatic carbocycles. The van der Waals surface area contributed by atoms with Crippen LogP contribution in [0.1, 0.15) is 16.7 Å². The van der Waals surface area contributed by atoms with Crippen molar-refractivity contribution in [2.75, 3.05) is 0 Å². The van der Waals surface area contributed by atoms with Crippen molar-refractivity contribution in [1.82, 2.24) is 0 Å². The van der Waals surface area contributed by atoms with E-state index in [1.54, 1.807) is 6.07 Å². The van der Waals surface area contributed by atoms with Gasteiger partial charge in [0, 0.05) is 5.56 Å². The van der Waals surface area contributed by atoms with Gasteiger partial charge >= 0.3 is 0 Å². The van der Waals surface area contributed by atoms with E-state index in [0.717, 1.165) is 11.1 Å². The molecular formula is C15H14BrFN2O2. The topological polar surface area (TPSA) is 67.8 Å². The number of nitrogens with two attached hydrogens (primary N) is 1. The zero-order valence-electron chi connectivity index (χ0n) is 11.5. The Kier molecular flexibility index (Phi) is 4.47. The highest BCUT2D eigenvalue weighted by molar-refractivity contribution is 9.10. The van der Waals surface area contributed by atoms with Crippen LogP contribution in [0.4, 0.5) is 4.39 Å². The van der Waals surface area contributed by atoms with Gasteiger partial charge in [0.2, 0.25) is 0 Å². The number of aryl methyl sites for hydroxylation is 2. The Bertz CT molecular complexity index is 717. The molecule has 0 aliphatic heterocycles. The summed E-state index contributed by atoms with van der Waals surface area (Å²) in [5.41, 5.74) is 7.90. The molecule has 0 fully saturated rings. The third-order valence-corrected chi connectivity index (χ3v) is 3.91. The van der Waals surface area contributed by atoms with Gasteiger partial charge < -0.3 is 15.7 Å². The van der Waals surface area contributed by atoms with Gasteiger partial charge in [-0.1, -0.05) is 11.2 Å². The Labute approximate surface area is 130 Å². The maximum absolute atomic E-state index is 14.3. The molecule has 0 bridgehead atoms. The normalized spacial score (nSPS) is 11.5. The molecule has 0 heterocycles. The van der Waals surface area contributed by atoms with Crippen LogP contribution in [0.5, 0.6) is 11.5 Å². The van der Waals surface area contributed by atoms with E-state index >= 15 is 0 Å². The van der Waals surface area contributed by atoms with Crippen LogP contribution in [-0.2, 0) is 0 Å². The van der Waals surface area contributed by atoms with Crippen molar-refractivity contribution in [2.24, 2.45) is 10.9 Å². The van der Waals surface area contributed by atoms with Crippen molar-refractivity contribution in [3.05, 3.63) is 57.3 Å². The predicted molar refractivity (Wildman–Crippen MR) is 82.6 cm³/mol. The fourth-order valence-electron chi connectivity index (χ4n) is 1.77. The average molecular weight is 353 g/mol. The van der Waals surface area contributed by atoms with Gasteiger partial charge in [-0.3, -0.25) is 0 Å². The molecule has 0 spiro atoms. The summed E-state index contributed by atoms with van der Waals surface area (Å²) in [6, 6.07) is 8.46. The molecule has 6 heteroatoms. The quantitative estimate of drug-likeness (QED) is 0.378. The molecule has 110 valence electrons. The minimum absolute atomic E-state index is 0.0552. The SMILES string of the molecule is Cc1ccc(Oc2ccc(/C(N)=N/O)c(Br)c2F)cc1C. The highest BCUT2D eigenvalue weighted by Crippen LogP contribution is 2.32. The molecule has 2 rings (SSSR count). The molecule has 3 N–H and O–H groups in total. The van der Waals surface area contributed by atoms with E-state index in [1.807, 2.05) is 26.0 Å². The smallest absolute Gasteiger partial charge is 0.180 e. The second kappa shape index (κ2) is 6.13. The first-order valence-electron chi connectivity index (χ1n) is 6.15. The molecule has 0 saturated heterocycles. The summed E-state index contributed by atoms with van der Waals surface area (Å²) in [6.07, 6.45) is 0. The summed E-state index contributed by atoms with van der Waals surface area (Å²) in [5, 5.41) is 11.5. The van der Waals surface area contributed by atoms with Crippen molar-refractivity contribution in [3.63, 3.8) is 0 Å². The van der Waals surface area contributed by atoms with Gasteiger partial charge in [0.15, 0.2) is 17.4 Å². The molecule has 0 aliphatic carbocycles. The number of benzene rings is 2. The first-order chi connectivity index (χ1) is 9.93. The van der Waals surface area contributed by atoms with E-state index in [2.05, 4.69) is 21.1 Å². The van der Waals surface area contributed by atoms with Gasteiger partial charge in [-0.2, -0.15) is 0 Å².